The summed E-state index contributed by atoms with van der Waals surface area (Å²) in [6.07, 6.45) is -0.660. The number of methoxy groups -OCH3 is 1. The summed E-state index contributed by atoms with van der Waals surface area (Å²) in [4.78, 5) is 0. The molecule has 0 saturated carbocycles. The minimum Gasteiger partial charge on any atom is -0.390 e. The molecule has 0 spiro atoms. The molecule has 0 aliphatic heterocycles. The molecule has 16 heavy (non-hydrogen) atoms. The molecule has 0 radical (unpaired) electrons. The van der Waals surface area contributed by atoms with Gasteiger partial charge in [0.1, 0.15) is 0 Å². The summed E-state index contributed by atoms with van der Waals surface area (Å²) in [5.74, 6) is 0. The van der Waals surface area contributed by atoms with Crippen LogP contribution in [-0.4, -0.2) is 37.6 Å². The summed E-state index contributed by atoms with van der Waals surface area (Å²) in [7, 11) is 1.65. The first kappa shape index (κ1) is 15.9. The highest BCUT2D eigenvalue weighted by molar-refractivity contribution is 4.88. The van der Waals surface area contributed by atoms with Gasteiger partial charge in [0.25, 0.3) is 0 Å². The van der Waals surface area contributed by atoms with Gasteiger partial charge in [0.15, 0.2) is 0 Å². The van der Waals surface area contributed by atoms with E-state index < -0.39 is 6.10 Å². The Labute approximate surface area is 100 Å². The number of aliphatic hydroxyl groups is 1. The molecule has 0 rings (SSSR count). The van der Waals surface area contributed by atoms with Crippen LogP contribution < -0.4 is 0 Å². The zero-order valence-electron chi connectivity index (χ0n) is 11.8. The third-order valence-electron chi connectivity index (χ3n) is 2.61. The summed E-state index contributed by atoms with van der Waals surface area (Å²) in [5.41, 5.74) is -0.258. The Kier molecular flexibility index (Phi) is 5.94. The van der Waals surface area contributed by atoms with Crippen LogP contribution in [0.4, 0.5) is 0 Å². The van der Waals surface area contributed by atoms with Crippen molar-refractivity contribution in [2.45, 2.75) is 53.8 Å². The van der Waals surface area contributed by atoms with Gasteiger partial charge in [-0.15, -0.1) is 0 Å². The van der Waals surface area contributed by atoms with Crippen LogP contribution in [0.5, 0.6) is 0 Å². The van der Waals surface area contributed by atoms with Crippen molar-refractivity contribution in [3.63, 3.8) is 0 Å². The van der Waals surface area contributed by atoms with Gasteiger partial charge >= 0.3 is 0 Å². The van der Waals surface area contributed by atoms with Crippen LogP contribution in [-0.2, 0) is 9.47 Å². The van der Waals surface area contributed by atoms with E-state index in [1.165, 1.54) is 0 Å². The van der Waals surface area contributed by atoms with Gasteiger partial charge in [-0.2, -0.15) is 0 Å². The van der Waals surface area contributed by atoms with Gasteiger partial charge in [0.2, 0.25) is 0 Å². The molecule has 0 aromatic rings. The number of hydrogen-bond donors (Lipinski definition) is 1. The fourth-order valence-corrected chi connectivity index (χ4v) is 1.53. The Bertz CT molecular complexity index is 188. The van der Waals surface area contributed by atoms with Crippen molar-refractivity contribution in [3.8, 4) is 0 Å². The van der Waals surface area contributed by atoms with E-state index >= 15 is 0 Å². The molecule has 0 aliphatic rings. The highest BCUT2D eigenvalue weighted by atomic mass is 16.5. The van der Waals surface area contributed by atoms with E-state index in [2.05, 4.69) is 20.8 Å². The van der Waals surface area contributed by atoms with Crippen molar-refractivity contribution in [2.75, 3.05) is 20.3 Å². The lowest BCUT2D eigenvalue weighted by Crippen LogP contribution is -2.47. The number of hydrogen-bond acceptors (Lipinski definition) is 3. The summed E-state index contributed by atoms with van der Waals surface area (Å²) < 4.78 is 10.7. The minimum atomic E-state index is -0.482. The van der Waals surface area contributed by atoms with E-state index in [4.69, 9.17) is 9.47 Å². The molecule has 0 amide bonds. The molecule has 0 aromatic carbocycles. The normalized spacial score (nSPS) is 17.2. The van der Waals surface area contributed by atoms with E-state index in [-0.39, 0.29) is 16.9 Å². The monoisotopic (exact) mass is 232 g/mol. The Morgan fingerprint density at radius 3 is 1.75 bits per heavy atom. The molecule has 3 heteroatoms. The Hall–Kier alpha value is -0.120. The lowest BCUT2D eigenvalue weighted by molar-refractivity contribution is -0.133. The van der Waals surface area contributed by atoms with Gasteiger partial charge in [0, 0.05) is 7.11 Å². The van der Waals surface area contributed by atoms with E-state index in [1.807, 2.05) is 20.8 Å². The zero-order chi connectivity index (χ0) is 13.0. The van der Waals surface area contributed by atoms with Gasteiger partial charge in [-0.3, -0.25) is 0 Å². The number of ether oxygens (including phenoxy) is 2. The molecule has 2 unspecified atom stereocenters. The van der Waals surface area contributed by atoms with E-state index in [0.29, 0.717) is 13.2 Å². The molecule has 0 fully saturated rings. The first-order valence-corrected chi connectivity index (χ1v) is 5.89. The largest absolute Gasteiger partial charge is 0.390 e. The SMILES string of the molecule is COCCOC(C(O)C(C)(C)C)C(C)(C)C. The zero-order valence-corrected chi connectivity index (χ0v) is 11.8. The fourth-order valence-electron chi connectivity index (χ4n) is 1.53. The molecule has 0 bridgehead atoms. The molecule has 0 aromatic heterocycles. The molecule has 0 aliphatic carbocycles. The molecule has 0 saturated heterocycles. The van der Waals surface area contributed by atoms with Crippen LogP contribution in [0.2, 0.25) is 0 Å². The summed E-state index contributed by atoms with van der Waals surface area (Å²) in [5, 5.41) is 10.3. The molecular weight excluding hydrogens is 204 g/mol. The Balaban J connectivity index is 4.56. The predicted molar refractivity (Wildman–Crippen MR) is 66.5 cm³/mol. The van der Waals surface area contributed by atoms with Crippen LogP contribution in [0.25, 0.3) is 0 Å². The molecule has 3 nitrogen and oxygen atoms in total. The lowest BCUT2D eigenvalue weighted by atomic mass is 9.76. The molecular formula is C13H28O3. The van der Waals surface area contributed by atoms with Crippen LogP contribution >= 0.6 is 0 Å². The smallest absolute Gasteiger partial charge is 0.0888 e. The molecule has 98 valence electrons. The van der Waals surface area contributed by atoms with Gasteiger partial charge in [-0.05, 0) is 10.8 Å². The first-order chi connectivity index (χ1) is 7.10. The summed E-state index contributed by atoms with van der Waals surface area (Å²) in [6, 6.07) is 0. The van der Waals surface area contributed by atoms with Gasteiger partial charge in [-0.1, -0.05) is 41.5 Å². The molecule has 0 heterocycles. The lowest BCUT2D eigenvalue weighted by Gasteiger charge is -2.40. The number of rotatable bonds is 5. The van der Waals surface area contributed by atoms with Crippen LogP contribution in [0.3, 0.4) is 0 Å². The van der Waals surface area contributed by atoms with Crippen molar-refractivity contribution >= 4 is 0 Å². The van der Waals surface area contributed by atoms with Crippen LogP contribution in [0.15, 0.2) is 0 Å². The van der Waals surface area contributed by atoms with Crippen molar-refractivity contribution in [1.29, 1.82) is 0 Å². The van der Waals surface area contributed by atoms with E-state index in [1.54, 1.807) is 7.11 Å². The molecule has 2 atom stereocenters. The second-order valence-electron chi connectivity index (χ2n) is 6.46. The van der Waals surface area contributed by atoms with Crippen molar-refractivity contribution in [1.82, 2.24) is 0 Å². The highest BCUT2D eigenvalue weighted by Crippen LogP contribution is 2.33. The highest BCUT2D eigenvalue weighted by Gasteiger charge is 2.38. The van der Waals surface area contributed by atoms with E-state index in [0.717, 1.165) is 0 Å². The number of aliphatic hydroxyl groups excluding tert-OH is 1. The Morgan fingerprint density at radius 2 is 1.44 bits per heavy atom. The minimum absolute atomic E-state index is 0.0829. The van der Waals surface area contributed by atoms with Gasteiger partial charge in [-0.25, -0.2) is 0 Å². The van der Waals surface area contributed by atoms with Crippen molar-refractivity contribution in [3.05, 3.63) is 0 Å². The third-order valence-corrected chi connectivity index (χ3v) is 2.61. The maximum Gasteiger partial charge on any atom is 0.0888 e. The van der Waals surface area contributed by atoms with Crippen molar-refractivity contribution < 1.29 is 14.6 Å². The van der Waals surface area contributed by atoms with E-state index in [9.17, 15) is 5.11 Å². The fraction of sp³-hybridized carbons (Fsp3) is 1.00. The van der Waals surface area contributed by atoms with Crippen molar-refractivity contribution in [2.24, 2.45) is 10.8 Å². The quantitative estimate of drug-likeness (QED) is 0.740. The topological polar surface area (TPSA) is 38.7 Å². The second-order valence-corrected chi connectivity index (χ2v) is 6.46. The first-order valence-electron chi connectivity index (χ1n) is 5.89. The standard InChI is InChI=1S/C13H28O3/c1-12(2,3)10(14)11(13(4,5)6)16-9-8-15-7/h10-11,14H,8-9H2,1-7H3. The van der Waals surface area contributed by atoms with Crippen LogP contribution in [0.1, 0.15) is 41.5 Å². The van der Waals surface area contributed by atoms with Crippen LogP contribution in [0, 0.1) is 10.8 Å². The maximum atomic E-state index is 10.3. The maximum absolute atomic E-state index is 10.3. The summed E-state index contributed by atoms with van der Waals surface area (Å²) in [6.45, 7) is 13.4. The Morgan fingerprint density at radius 1 is 0.938 bits per heavy atom. The second kappa shape index (κ2) is 5.99. The summed E-state index contributed by atoms with van der Waals surface area (Å²) >= 11 is 0. The average molecular weight is 232 g/mol. The van der Waals surface area contributed by atoms with Gasteiger partial charge in [0.05, 0.1) is 25.4 Å². The third kappa shape index (κ3) is 5.28. The predicted octanol–water partition coefficient (Wildman–Crippen LogP) is 2.47. The molecule has 1 N–H and O–H groups in total. The average Bonchev–Trinajstić information content (AvgIpc) is 2.08. The van der Waals surface area contributed by atoms with Gasteiger partial charge < -0.3 is 14.6 Å².